The summed E-state index contributed by atoms with van der Waals surface area (Å²) in [7, 11) is 0. The summed E-state index contributed by atoms with van der Waals surface area (Å²) in [6.07, 6.45) is 0. The molecule has 6 aromatic rings. The van der Waals surface area contributed by atoms with Crippen molar-refractivity contribution in [2.45, 2.75) is 6.92 Å². The molecule has 4 aromatic carbocycles. The highest BCUT2D eigenvalue weighted by atomic mass is 16.3. The zero-order valence-electron chi connectivity index (χ0n) is 16.3. The second kappa shape index (κ2) is 5.55. The van der Waals surface area contributed by atoms with Crippen molar-refractivity contribution in [3.05, 3.63) is 84.7 Å². The Kier molecular flexibility index (Phi) is 2.94. The average Bonchev–Trinajstić information content (AvgIpc) is 3.31. The van der Waals surface area contributed by atoms with E-state index >= 15 is 0 Å². The molecule has 30 heavy (non-hydrogen) atoms. The van der Waals surface area contributed by atoms with Gasteiger partial charge >= 0.3 is 0 Å². The van der Waals surface area contributed by atoms with E-state index in [1.54, 1.807) is 0 Å². The Bertz CT molecular complexity index is 1630. The lowest BCUT2D eigenvalue weighted by Crippen LogP contribution is -1.93. The Labute approximate surface area is 172 Å². The second-order valence-corrected chi connectivity index (χ2v) is 7.83. The fourth-order valence-corrected chi connectivity index (χ4v) is 4.94. The molecule has 1 aliphatic rings. The summed E-state index contributed by atoms with van der Waals surface area (Å²) < 4.78 is 6.07. The third kappa shape index (κ3) is 1.94. The minimum absolute atomic E-state index is 0.644. The first-order valence-electron chi connectivity index (χ1n) is 10.1. The van der Waals surface area contributed by atoms with Crippen LogP contribution in [0.1, 0.15) is 5.82 Å². The summed E-state index contributed by atoms with van der Waals surface area (Å²) in [4.78, 5) is 9.48. The largest absolute Gasteiger partial charge is 0.438 e. The summed E-state index contributed by atoms with van der Waals surface area (Å²) in [5.41, 5.74) is 8.71. The predicted molar refractivity (Wildman–Crippen MR) is 121 cm³/mol. The Balaban J connectivity index is 1.64. The number of hydrogen-bond acceptors (Lipinski definition) is 3. The van der Waals surface area contributed by atoms with Gasteiger partial charge in [0, 0.05) is 10.9 Å². The molecule has 1 aliphatic carbocycles. The number of hydrogen-bond donors (Lipinski definition) is 0. The molecule has 2 heterocycles. The third-order valence-corrected chi connectivity index (χ3v) is 6.15. The molecular weight excluding hydrogens is 368 g/mol. The van der Waals surface area contributed by atoms with E-state index in [4.69, 9.17) is 9.40 Å². The van der Waals surface area contributed by atoms with Gasteiger partial charge in [-0.25, -0.2) is 4.98 Å². The summed E-state index contributed by atoms with van der Waals surface area (Å²) in [6, 6.07) is 27.7. The summed E-state index contributed by atoms with van der Waals surface area (Å²) >= 11 is 0. The van der Waals surface area contributed by atoms with Crippen LogP contribution in [0.4, 0.5) is 0 Å². The summed E-state index contributed by atoms with van der Waals surface area (Å²) in [6.45, 7) is 1.92. The van der Waals surface area contributed by atoms with Gasteiger partial charge in [0.05, 0.1) is 11.1 Å². The monoisotopic (exact) mass is 384 g/mol. The van der Waals surface area contributed by atoms with Crippen molar-refractivity contribution in [2.24, 2.45) is 0 Å². The van der Waals surface area contributed by atoms with Gasteiger partial charge in [0.15, 0.2) is 0 Å². The van der Waals surface area contributed by atoms with Crippen LogP contribution in [0, 0.1) is 6.92 Å². The van der Waals surface area contributed by atoms with Crippen molar-refractivity contribution in [1.82, 2.24) is 9.97 Å². The molecule has 0 saturated heterocycles. The lowest BCUT2D eigenvalue weighted by Gasteiger charge is -2.10. The highest BCUT2D eigenvalue weighted by molar-refractivity contribution is 6.21. The topological polar surface area (TPSA) is 38.9 Å². The molecule has 0 fully saturated rings. The lowest BCUT2D eigenvalue weighted by molar-refractivity contribution is 0.651. The minimum Gasteiger partial charge on any atom is -0.438 e. The zero-order valence-corrected chi connectivity index (χ0v) is 16.3. The van der Waals surface area contributed by atoms with Crippen LogP contribution in [0.15, 0.2) is 83.3 Å². The van der Waals surface area contributed by atoms with Crippen molar-refractivity contribution in [3.63, 3.8) is 0 Å². The van der Waals surface area contributed by atoms with E-state index in [1.165, 1.54) is 33.0 Å². The van der Waals surface area contributed by atoms with Gasteiger partial charge in [-0.05, 0) is 46.0 Å². The SMILES string of the molecule is Cc1nc(-c2ccc3c4c(cccc24)-c2ccccc2-3)c2c(n1)oc1ccccc12. The molecule has 0 amide bonds. The molecule has 3 heteroatoms. The molecule has 0 spiro atoms. The lowest BCUT2D eigenvalue weighted by atomic mass is 9.95. The molecule has 0 radical (unpaired) electrons. The van der Waals surface area contributed by atoms with Gasteiger partial charge < -0.3 is 4.42 Å². The first-order chi connectivity index (χ1) is 14.8. The number of para-hydroxylation sites is 1. The van der Waals surface area contributed by atoms with Crippen LogP contribution in [-0.2, 0) is 0 Å². The van der Waals surface area contributed by atoms with Crippen molar-refractivity contribution >= 4 is 32.8 Å². The fourth-order valence-electron chi connectivity index (χ4n) is 4.94. The van der Waals surface area contributed by atoms with Crippen LogP contribution in [0.5, 0.6) is 0 Å². The van der Waals surface area contributed by atoms with Crippen LogP contribution in [0.2, 0.25) is 0 Å². The quantitative estimate of drug-likeness (QED) is 0.302. The molecule has 0 bridgehead atoms. The van der Waals surface area contributed by atoms with Crippen LogP contribution in [0.3, 0.4) is 0 Å². The Morgan fingerprint density at radius 2 is 1.23 bits per heavy atom. The van der Waals surface area contributed by atoms with Crippen molar-refractivity contribution in [2.75, 3.05) is 0 Å². The Hall–Kier alpha value is -3.98. The number of aryl methyl sites for hydroxylation is 1. The minimum atomic E-state index is 0.644. The molecule has 140 valence electrons. The molecule has 2 aromatic heterocycles. The van der Waals surface area contributed by atoms with Crippen molar-refractivity contribution < 1.29 is 4.42 Å². The van der Waals surface area contributed by atoms with Gasteiger partial charge in [-0.3, -0.25) is 0 Å². The normalized spacial score (nSPS) is 12.2. The first-order valence-corrected chi connectivity index (χ1v) is 10.1. The van der Waals surface area contributed by atoms with E-state index < -0.39 is 0 Å². The van der Waals surface area contributed by atoms with E-state index in [-0.39, 0.29) is 0 Å². The molecular formula is C27H16N2O. The van der Waals surface area contributed by atoms with Crippen LogP contribution in [-0.4, -0.2) is 9.97 Å². The average molecular weight is 384 g/mol. The highest BCUT2D eigenvalue weighted by Crippen LogP contribution is 2.49. The smallest absolute Gasteiger partial charge is 0.231 e. The Morgan fingerprint density at radius 3 is 2.10 bits per heavy atom. The molecule has 0 unspecified atom stereocenters. The van der Waals surface area contributed by atoms with Crippen molar-refractivity contribution in [1.29, 1.82) is 0 Å². The number of aromatic nitrogens is 2. The van der Waals surface area contributed by atoms with Gasteiger partial charge in [-0.1, -0.05) is 72.8 Å². The number of rotatable bonds is 1. The molecule has 7 rings (SSSR count). The molecule has 0 atom stereocenters. The first kappa shape index (κ1) is 15.9. The second-order valence-electron chi connectivity index (χ2n) is 7.83. The zero-order chi connectivity index (χ0) is 19.8. The Morgan fingerprint density at radius 1 is 0.567 bits per heavy atom. The van der Waals surface area contributed by atoms with Gasteiger partial charge in [0.2, 0.25) is 5.71 Å². The molecule has 3 nitrogen and oxygen atoms in total. The maximum Gasteiger partial charge on any atom is 0.231 e. The summed E-state index contributed by atoms with van der Waals surface area (Å²) in [5.74, 6) is 0.711. The molecule has 0 N–H and O–H groups in total. The highest BCUT2D eigenvalue weighted by Gasteiger charge is 2.24. The maximum absolute atomic E-state index is 6.07. The van der Waals surface area contributed by atoms with Gasteiger partial charge in [-0.15, -0.1) is 0 Å². The van der Waals surface area contributed by atoms with E-state index in [9.17, 15) is 0 Å². The van der Waals surface area contributed by atoms with Gasteiger partial charge in [0.25, 0.3) is 0 Å². The summed E-state index contributed by atoms with van der Waals surface area (Å²) in [5, 5.41) is 4.54. The van der Waals surface area contributed by atoms with E-state index in [0.717, 1.165) is 27.6 Å². The van der Waals surface area contributed by atoms with Crippen LogP contribution < -0.4 is 0 Å². The number of benzene rings is 4. The predicted octanol–water partition coefficient (Wildman–Crippen LogP) is 7.15. The molecule has 0 saturated carbocycles. The van der Waals surface area contributed by atoms with E-state index in [0.29, 0.717) is 11.5 Å². The maximum atomic E-state index is 6.07. The standard InChI is InChI=1S/C27H16N2O/c1-15-28-26(25-22-9-4-5-12-23(22)30-27(25)29-15)21-14-13-20-17-8-3-2-7-16(17)18-10-6-11-19(21)24(18)20/h2-14H,1H3. The fraction of sp³-hybridized carbons (Fsp3) is 0.0370. The third-order valence-electron chi connectivity index (χ3n) is 6.15. The van der Waals surface area contributed by atoms with Crippen molar-refractivity contribution in [3.8, 4) is 33.5 Å². The van der Waals surface area contributed by atoms with Crippen LogP contribution >= 0.6 is 0 Å². The molecule has 0 aliphatic heterocycles. The number of furan rings is 1. The van der Waals surface area contributed by atoms with Gasteiger partial charge in [-0.2, -0.15) is 4.98 Å². The van der Waals surface area contributed by atoms with Crippen LogP contribution in [0.25, 0.3) is 66.4 Å². The number of nitrogens with zero attached hydrogens (tertiary/aromatic N) is 2. The number of fused-ring (bicyclic) bond motifs is 6. The van der Waals surface area contributed by atoms with E-state index in [1.807, 2.05) is 25.1 Å². The van der Waals surface area contributed by atoms with Gasteiger partial charge in [0.1, 0.15) is 11.4 Å². The van der Waals surface area contributed by atoms with E-state index in [2.05, 4.69) is 65.6 Å².